The highest BCUT2D eigenvalue weighted by atomic mass is 16.7. The van der Waals surface area contributed by atoms with Crippen LogP contribution in [-0.2, 0) is 17.6 Å². The molecule has 8 nitrogen and oxygen atoms in total. The highest BCUT2D eigenvalue weighted by molar-refractivity contribution is 6.00. The Labute approximate surface area is 246 Å². The number of amides is 1. The fourth-order valence-corrected chi connectivity index (χ4v) is 5.51. The van der Waals surface area contributed by atoms with Crippen molar-refractivity contribution >= 4 is 33.5 Å². The summed E-state index contributed by atoms with van der Waals surface area (Å²) in [5.74, 6) is 0.821. The number of hydrogen-bond acceptors (Lipinski definition) is 6. The lowest BCUT2D eigenvalue weighted by Crippen LogP contribution is -2.43. The zero-order chi connectivity index (χ0) is 29.3. The number of Topliss-reactive ketones (excluding diaryl/α,β-unsaturated/α-hetero) is 1. The zero-order valence-corrected chi connectivity index (χ0v) is 23.0. The number of benzene rings is 4. The van der Waals surface area contributed by atoms with Gasteiger partial charge >= 0.3 is 0 Å². The molecule has 2 aromatic heterocycles. The summed E-state index contributed by atoms with van der Waals surface area (Å²) >= 11 is 0. The van der Waals surface area contributed by atoms with E-state index in [4.69, 9.17) is 9.47 Å². The standard InChI is InChI=1S/C35H27N3O5/c39-30(13-21-10-11-32-33(14-21)43-20-42-32)29(19-27-17-23-5-1-2-9-28(23)37-27)38-35(41)25-7-3-6-22(15-25)26-16-24-8-4-12-36-34(24)31(40)18-26/h1-12,14-18,29,37,40H,13,19-20H2,(H,38,41). The predicted octanol–water partition coefficient (Wildman–Crippen LogP) is 5.97. The number of nitrogens with one attached hydrogen (secondary N) is 2. The van der Waals surface area contributed by atoms with Crippen LogP contribution in [0.4, 0.5) is 0 Å². The SMILES string of the molecule is O=C(NC(Cc1cc2ccccc2[nH]1)C(=O)Cc1ccc2c(c1)OCO2)c1cccc(-c2cc(O)c3ncccc3c2)c1. The van der Waals surface area contributed by atoms with Crippen molar-refractivity contribution in [2.75, 3.05) is 6.79 Å². The molecule has 6 aromatic rings. The number of ketones is 1. The van der Waals surface area contributed by atoms with Crippen LogP contribution in [0.15, 0.2) is 103 Å². The molecule has 7 rings (SSSR count). The van der Waals surface area contributed by atoms with E-state index in [1.807, 2.05) is 60.7 Å². The molecule has 0 aliphatic carbocycles. The number of aromatic hydroxyl groups is 1. The molecule has 1 aliphatic rings. The van der Waals surface area contributed by atoms with E-state index in [-0.39, 0.29) is 30.7 Å². The molecule has 1 aliphatic heterocycles. The van der Waals surface area contributed by atoms with Gasteiger partial charge in [-0.05, 0) is 76.7 Å². The summed E-state index contributed by atoms with van der Waals surface area (Å²) in [6.45, 7) is 0.153. The van der Waals surface area contributed by atoms with Gasteiger partial charge < -0.3 is 24.9 Å². The molecule has 212 valence electrons. The van der Waals surface area contributed by atoms with E-state index in [9.17, 15) is 14.7 Å². The Morgan fingerprint density at radius 3 is 2.63 bits per heavy atom. The summed E-state index contributed by atoms with van der Waals surface area (Å²) in [5, 5.41) is 15.4. The molecule has 0 radical (unpaired) electrons. The number of hydrogen-bond donors (Lipinski definition) is 3. The van der Waals surface area contributed by atoms with E-state index in [2.05, 4.69) is 15.3 Å². The second kappa shape index (κ2) is 11.0. The summed E-state index contributed by atoms with van der Waals surface area (Å²) in [7, 11) is 0. The van der Waals surface area contributed by atoms with Gasteiger partial charge in [-0.3, -0.25) is 14.6 Å². The summed E-state index contributed by atoms with van der Waals surface area (Å²) in [4.78, 5) is 35.0. The molecule has 0 saturated carbocycles. The van der Waals surface area contributed by atoms with Crippen molar-refractivity contribution in [3.8, 4) is 28.4 Å². The molecule has 43 heavy (non-hydrogen) atoms. The fourth-order valence-electron chi connectivity index (χ4n) is 5.51. The van der Waals surface area contributed by atoms with Gasteiger partial charge in [-0.1, -0.05) is 42.5 Å². The van der Waals surface area contributed by atoms with Gasteiger partial charge in [0.2, 0.25) is 6.79 Å². The van der Waals surface area contributed by atoms with Gasteiger partial charge in [0.1, 0.15) is 11.3 Å². The third kappa shape index (κ3) is 5.38. The van der Waals surface area contributed by atoms with Crippen molar-refractivity contribution < 1.29 is 24.2 Å². The molecule has 3 heterocycles. The number of H-pyrrole nitrogens is 1. The van der Waals surface area contributed by atoms with E-state index >= 15 is 0 Å². The first-order chi connectivity index (χ1) is 21.0. The van der Waals surface area contributed by atoms with Crippen LogP contribution in [0.5, 0.6) is 17.2 Å². The number of aromatic nitrogens is 2. The maximum atomic E-state index is 13.7. The van der Waals surface area contributed by atoms with Gasteiger partial charge in [-0.15, -0.1) is 0 Å². The number of rotatable bonds is 8. The van der Waals surface area contributed by atoms with Crippen molar-refractivity contribution in [3.05, 3.63) is 120 Å². The van der Waals surface area contributed by atoms with E-state index in [0.29, 0.717) is 29.0 Å². The van der Waals surface area contributed by atoms with Crippen LogP contribution in [0.3, 0.4) is 0 Å². The summed E-state index contributed by atoms with van der Waals surface area (Å²) in [6.07, 6.45) is 2.05. The average molecular weight is 570 g/mol. The van der Waals surface area contributed by atoms with Crippen molar-refractivity contribution in [2.24, 2.45) is 0 Å². The molecular formula is C35H27N3O5. The van der Waals surface area contributed by atoms with Crippen molar-refractivity contribution in [2.45, 2.75) is 18.9 Å². The van der Waals surface area contributed by atoms with Gasteiger partial charge in [0.05, 0.1) is 6.04 Å². The maximum Gasteiger partial charge on any atom is 0.251 e. The minimum absolute atomic E-state index is 0.0652. The number of para-hydroxylation sites is 1. The Kier molecular flexibility index (Phi) is 6.71. The zero-order valence-electron chi connectivity index (χ0n) is 23.0. The molecule has 0 spiro atoms. The summed E-state index contributed by atoms with van der Waals surface area (Å²) < 4.78 is 10.9. The first kappa shape index (κ1) is 26.3. The number of carbonyl (C=O) groups is 2. The normalized spacial score (nSPS) is 12.8. The van der Waals surface area contributed by atoms with Gasteiger partial charge in [-0.2, -0.15) is 0 Å². The number of pyridine rings is 1. The van der Waals surface area contributed by atoms with Gasteiger partial charge in [0.15, 0.2) is 17.3 Å². The number of ether oxygens (including phenoxy) is 2. The topological polar surface area (TPSA) is 114 Å². The van der Waals surface area contributed by atoms with Crippen molar-refractivity contribution in [1.29, 1.82) is 0 Å². The van der Waals surface area contributed by atoms with Crippen LogP contribution < -0.4 is 14.8 Å². The van der Waals surface area contributed by atoms with Gasteiger partial charge in [-0.25, -0.2) is 0 Å². The first-order valence-electron chi connectivity index (χ1n) is 14.0. The number of phenols is 1. The third-order valence-corrected chi connectivity index (χ3v) is 7.66. The van der Waals surface area contributed by atoms with E-state index in [1.165, 1.54) is 0 Å². The highest BCUT2D eigenvalue weighted by Gasteiger charge is 2.24. The molecule has 0 saturated heterocycles. The number of fused-ring (bicyclic) bond motifs is 3. The Morgan fingerprint density at radius 2 is 1.72 bits per heavy atom. The Balaban J connectivity index is 1.16. The van der Waals surface area contributed by atoms with Gasteiger partial charge in [0, 0.05) is 41.2 Å². The van der Waals surface area contributed by atoms with Crippen molar-refractivity contribution in [3.63, 3.8) is 0 Å². The highest BCUT2D eigenvalue weighted by Crippen LogP contribution is 2.33. The maximum absolute atomic E-state index is 13.7. The largest absolute Gasteiger partial charge is 0.506 e. The molecule has 1 atom stereocenters. The van der Waals surface area contributed by atoms with Crippen LogP contribution in [0.2, 0.25) is 0 Å². The second-order valence-electron chi connectivity index (χ2n) is 10.6. The van der Waals surface area contributed by atoms with Crippen LogP contribution >= 0.6 is 0 Å². The minimum atomic E-state index is -0.787. The lowest BCUT2D eigenvalue weighted by atomic mass is 9.98. The van der Waals surface area contributed by atoms with Crippen LogP contribution in [0.1, 0.15) is 21.6 Å². The van der Waals surface area contributed by atoms with E-state index in [0.717, 1.165) is 38.7 Å². The predicted molar refractivity (Wildman–Crippen MR) is 163 cm³/mol. The summed E-state index contributed by atoms with van der Waals surface area (Å²) in [5.41, 5.74) is 5.01. The third-order valence-electron chi connectivity index (χ3n) is 7.66. The molecular weight excluding hydrogens is 542 g/mol. The van der Waals surface area contributed by atoms with Crippen LogP contribution in [0.25, 0.3) is 32.9 Å². The van der Waals surface area contributed by atoms with Crippen molar-refractivity contribution in [1.82, 2.24) is 15.3 Å². The first-order valence-corrected chi connectivity index (χ1v) is 14.0. The number of carbonyl (C=O) groups excluding carboxylic acids is 2. The number of phenolic OH excluding ortho intramolecular Hbond substituents is 1. The molecule has 0 fully saturated rings. The monoisotopic (exact) mass is 569 g/mol. The van der Waals surface area contributed by atoms with Gasteiger partial charge in [0.25, 0.3) is 5.91 Å². The van der Waals surface area contributed by atoms with Crippen LogP contribution in [0, 0.1) is 0 Å². The van der Waals surface area contributed by atoms with E-state index in [1.54, 1.807) is 42.6 Å². The Hall–Kier alpha value is -5.63. The number of nitrogens with zero attached hydrogens (tertiary/aromatic N) is 1. The Bertz CT molecular complexity index is 1980. The molecule has 3 N–H and O–H groups in total. The minimum Gasteiger partial charge on any atom is -0.506 e. The fraction of sp³-hybridized carbons (Fsp3) is 0.114. The molecule has 4 aromatic carbocycles. The lowest BCUT2D eigenvalue weighted by molar-refractivity contribution is -0.120. The quantitative estimate of drug-likeness (QED) is 0.208. The summed E-state index contributed by atoms with van der Waals surface area (Å²) in [6, 6.07) is 28.9. The molecule has 1 unspecified atom stereocenters. The smallest absolute Gasteiger partial charge is 0.251 e. The molecule has 0 bridgehead atoms. The Morgan fingerprint density at radius 1 is 0.860 bits per heavy atom. The molecule has 1 amide bonds. The van der Waals surface area contributed by atoms with Crippen LogP contribution in [-0.4, -0.2) is 39.6 Å². The second-order valence-corrected chi connectivity index (χ2v) is 10.6. The lowest BCUT2D eigenvalue weighted by Gasteiger charge is -2.18. The number of aromatic amines is 1. The molecule has 8 heteroatoms. The van der Waals surface area contributed by atoms with E-state index < -0.39 is 6.04 Å². The average Bonchev–Trinajstić information content (AvgIpc) is 3.67.